The van der Waals surface area contributed by atoms with Crippen molar-refractivity contribution in [2.45, 2.75) is 19.3 Å². The number of rotatable bonds is 4. The summed E-state index contributed by atoms with van der Waals surface area (Å²) >= 11 is 1.63. The third-order valence-electron chi connectivity index (χ3n) is 7.72. The zero-order chi connectivity index (χ0) is 26.7. The molecule has 2 heterocycles. The summed E-state index contributed by atoms with van der Waals surface area (Å²) in [6.45, 7) is 4.49. The van der Waals surface area contributed by atoms with Crippen molar-refractivity contribution >= 4 is 46.0 Å². The van der Waals surface area contributed by atoms with E-state index >= 15 is 0 Å². The van der Waals surface area contributed by atoms with Crippen molar-refractivity contribution in [2.24, 2.45) is 0 Å². The topological polar surface area (TPSA) is 50.3 Å². The smallest absolute Gasteiger partial charge is 0.199 e. The molecule has 0 unspecified atom stereocenters. The zero-order valence-corrected chi connectivity index (χ0v) is 22.3. The van der Waals surface area contributed by atoms with Gasteiger partial charge in [-0.2, -0.15) is 0 Å². The molecule has 3 aromatic carbocycles. The second-order valence-corrected chi connectivity index (χ2v) is 11.5. The fourth-order valence-electron chi connectivity index (χ4n) is 5.72. The minimum absolute atomic E-state index is 0.215. The Labute approximate surface area is 230 Å². The minimum atomic E-state index is -0.247. The summed E-state index contributed by atoms with van der Waals surface area (Å²) in [6.07, 6.45) is 4.79. The summed E-state index contributed by atoms with van der Waals surface area (Å²) in [5, 5.41) is 0. The van der Waals surface area contributed by atoms with Crippen LogP contribution in [0.5, 0.6) is 0 Å². The number of anilines is 3. The van der Waals surface area contributed by atoms with Crippen LogP contribution in [-0.4, -0.2) is 16.6 Å². The molecule has 2 aliphatic carbocycles. The molecule has 7 rings (SSSR count). The fraction of sp³-hybridized carbons (Fsp3) is 0.0882. The zero-order valence-electron chi connectivity index (χ0n) is 21.5. The second-order valence-electron chi connectivity index (χ2n) is 10.4. The number of pyridine rings is 1. The Morgan fingerprint density at radius 2 is 1.38 bits per heavy atom. The quantitative estimate of drug-likeness (QED) is 0.175. The summed E-state index contributed by atoms with van der Waals surface area (Å²) in [7, 11) is 0. The summed E-state index contributed by atoms with van der Waals surface area (Å²) in [5.74, 6) is -0.472. The molecule has 0 bridgehead atoms. The van der Waals surface area contributed by atoms with Crippen molar-refractivity contribution in [3.63, 3.8) is 0 Å². The lowest BCUT2D eigenvalue weighted by atomic mass is 9.82. The van der Waals surface area contributed by atoms with Gasteiger partial charge in [-0.1, -0.05) is 56.3 Å². The average Bonchev–Trinajstić information content (AvgIpc) is 3.56. The standard InChI is InChI=1S/C34H24N2O2S/c1-34(2)29-17-23(36(21-9-5-3-6-10-21)22-11-7-4-8-12-22)13-14-26(29)33-30(34)19-24(39-33)18-27-31(37)25-15-16-35-20-28(25)32(27)38/h3-20H,1-2H3/b27-18+. The van der Waals surface area contributed by atoms with Crippen molar-refractivity contribution in [3.8, 4) is 10.4 Å². The molecule has 0 saturated carbocycles. The lowest BCUT2D eigenvalue weighted by molar-refractivity contribution is 0.0990. The van der Waals surface area contributed by atoms with Crippen LogP contribution < -0.4 is 4.90 Å². The van der Waals surface area contributed by atoms with Gasteiger partial charge in [-0.05, 0) is 71.3 Å². The number of aromatic nitrogens is 1. The first kappa shape index (κ1) is 23.5. The number of nitrogens with zero attached hydrogens (tertiary/aromatic N) is 2. The molecule has 0 amide bonds. The summed E-state index contributed by atoms with van der Waals surface area (Å²) in [6, 6.07) is 31.3. The van der Waals surface area contributed by atoms with E-state index < -0.39 is 0 Å². The normalized spacial score (nSPS) is 15.8. The maximum atomic E-state index is 12.9. The number of fused-ring (bicyclic) bond motifs is 4. The number of carbonyl (C=O) groups excluding carboxylic acids is 2. The van der Waals surface area contributed by atoms with E-state index in [9.17, 15) is 9.59 Å². The van der Waals surface area contributed by atoms with Crippen LogP contribution in [0, 0.1) is 0 Å². The molecule has 0 fully saturated rings. The van der Waals surface area contributed by atoms with E-state index in [4.69, 9.17) is 0 Å². The van der Waals surface area contributed by atoms with Gasteiger partial charge >= 0.3 is 0 Å². The molecule has 5 aromatic rings. The highest BCUT2D eigenvalue weighted by Gasteiger charge is 2.39. The van der Waals surface area contributed by atoms with Gasteiger partial charge in [0.05, 0.1) is 11.1 Å². The molecule has 2 aliphatic rings. The van der Waals surface area contributed by atoms with E-state index in [1.807, 2.05) is 12.1 Å². The molecule has 4 nitrogen and oxygen atoms in total. The van der Waals surface area contributed by atoms with Crippen LogP contribution >= 0.6 is 11.3 Å². The van der Waals surface area contributed by atoms with Gasteiger partial charge in [0.2, 0.25) is 0 Å². The van der Waals surface area contributed by atoms with Gasteiger partial charge < -0.3 is 4.90 Å². The highest BCUT2D eigenvalue weighted by Crippen LogP contribution is 2.54. The maximum Gasteiger partial charge on any atom is 0.199 e. The first-order valence-corrected chi connectivity index (χ1v) is 13.7. The number of hydrogen-bond acceptors (Lipinski definition) is 5. The molecule has 39 heavy (non-hydrogen) atoms. The van der Waals surface area contributed by atoms with E-state index in [1.54, 1.807) is 29.7 Å². The Kier molecular flexibility index (Phi) is 5.25. The van der Waals surface area contributed by atoms with Crippen molar-refractivity contribution in [2.75, 3.05) is 4.90 Å². The van der Waals surface area contributed by atoms with Crippen LogP contribution in [0.25, 0.3) is 16.5 Å². The number of para-hydroxylation sites is 2. The number of benzene rings is 3. The third kappa shape index (κ3) is 3.62. The molecule has 0 radical (unpaired) electrons. The number of Topliss-reactive ketones (excluding diaryl/α,β-unsaturated/α-hetero) is 2. The molecular weight excluding hydrogens is 500 g/mol. The monoisotopic (exact) mass is 524 g/mol. The third-order valence-corrected chi connectivity index (χ3v) is 8.83. The molecule has 5 heteroatoms. The van der Waals surface area contributed by atoms with Gasteiger partial charge in [0.1, 0.15) is 0 Å². The first-order valence-electron chi connectivity index (χ1n) is 12.9. The molecule has 0 aliphatic heterocycles. The fourth-order valence-corrected chi connectivity index (χ4v) is 7.02. The van der Waals surface area contributed by atoms with Crippen molar-refractivity contribution < 1.29 is 9.59 Å². The van der Waals surface area contributed by atoms with E-state index in [0.717, 1.165) is 21.9 Å². The van der Waals surface area contributed by atoms with Gasteiger partial charge in [0, 0.05) is 50.2 Å². The molecule has 0 N–H and O–H groups in total. The minimum Gasteiger partial charge on any atom is -0.310 e. The Morgan fingerprint density at radius 1 is 0.718 bits per heavy atom. The highest BCUT2D eigenvalue weighted by molar-refractivity contribution is 7.16. The Balaban J connectivity index is 1.30. The van der Waals surface area contributed by atoms with Crippen LogP contribution in [0.4, 0.5) is 17.1 Å². The number of thiophene rings is 1. The molecule has 0 saturated heterocycles. The van der Waals surface area contributed by atoms with Crippen LogP contribution in [0.2, 0.25) is 0 Å². The first-order chi connectivity index (χ1) is 18.9. The van der Waals surface area contributed by atoms with Gasteiger partial charge in [-0.25, -0.2) is 0 Å². The SMILES string of the molecule is CC1(C)c2cc(N(c3ccccc3)c3ccccc3)ccc2-c2sc(/C=C3\C(=O)c4ccncc4C3=O)cc21. The molecule has 2 aromatic heterocycles. The van der Waals surface area contributed by atoms with Crippen LogP contribution in [0.3, 0.4) is 0 Å². The van der Waals surface area contributed by atoms with Gasteiger partial charge in [0.15, 0.2) is 11.6 Å². The molecular formula is C34H24N2O2S. The van der Waals surface area contributed by atoms with Crippen molar-refractivity contribution in [3.05, 3.63) is 136 Å². The number of carbonyl (C=O) groups is 2. The number of allylic oxidation sites excluding steroid dienone is 1. The Morgan fingerprint density at radius 3 is 2.05 bits per heavy atom. The van der Waals surface area contributed by atoms with E-state index in [2.05, 4.69) is 96.5 Å². The predicted molar refractivity (Wildman–Crippen MR) is 157 cm³/mol. The van der Waals surface area contributed by atoms with Crippen LogP contribution in [-0.2, 0) is 5.41 Å². The van der Waals surface area contributed by atoms with Gasteiger partial charge in [-0.15, -0.1) is 11.3 Å². The highest BCUT2D eigenvalue weighted by atomic mass is 32.1. The van der Waals surface area contributed by atoms with Gasteiger partial charge in [-0.3, -0.25) is 14.6 Å². The van der Waals surface area contributed by atoms with E-state index in [1.165, 1.54) is 27.8 Å². The predicted octanol–water partition coefficient (Wildman–Crippen LogP) is 8.38. The summed E-state index contributed by atoms with van der Waals surface area (Å²) in [5.41, 5.74) is 7.80. The maximum absolute atomic E-state index is 12.9. The second kappa shape index (κ2) is 8.72. The largest absolute Gasteiger partial charge is 0.310 e. The molecule has 0 atom stereocenters. The van der Waals surface area contributed by atoms with E-state index in [0.29, 0.717) is 11.1 Å². The van der Waals surface area contributed by atoms with Crippen LogP contribution in [0.1, 0.15) is 50.6 Å². The average molecular weight is 525 g/mol. The van der Waals surface area contributed by atoms with E-state index in [-0.39, 0.29) is 22.6 Å². The van der Waals surface area contributed by atoms with Crippen molar-refractivity contribution in [1.82, 2.24) is 4.98 Å². The number of ketones is 2. The Hall–Kier alpha value is -4.61. The lowest BCUT2D eigenvalue weighted by Crippen LogP contribution is -2.16. The van der Waals surface area contributed by atoms with Gasteiger partial charge in [0.25, 0.3) is 0 Å². The molecule has 0 spiro atoms. The van der Waals surface area contributed by atoms with Crippen LogP contribution in [0.15, 0.2) is 109 Å². The summed E-state index contributed by atoms with van der Waals surface area (Å²) < 4.78 is 0. The Bertz CT molecular complexity index is 1740. The number of hydrogen-bond donors (Lipinski definition) is 0. The van der Waals surface area contributed by atoms with Crippen molar-refractivity contribution in [1.29, 1.82) is 0 Å². The molecule has 188 valence electrons. The summed E-state index contributed by atoms with van der Waals surface area (Å²) in [4.78, 5) is 34.3. The lowest BCUT2D eigenvalue weighted by Gasteiger charge is -2.28.